The molecule has 94 valence electrons. The van der Waals surface area contributed by atoms with E-state index in [1.54, 1.807) is 12.1 Å². The van der Waals surface area contributed by atoms with Gasteiger partial charge in [0, 0.05) is 25.3 Å². The van der Waals surface area contributed by atoms with E-state index >= 15 is 0 Å². The molecule has 0 bridgehead atoms. The summed E-state index contributed by atoms with van der Waals surface area (Å²) in [7, 11) is 1.88. The molecule has 0 aromatic heterocycles. The summed E-state index contributed by atoms with van der Waals surface area (Å²) in [4.78, 5) is 2.29. The van der Waals surface area contributed by atoms with Crippen molar-refractivity contribution >= 4 is 5.69 Å². The lowest BCUT2D eigenvalue weighted by Crippen LogP contribution is -2.32. The average Bonchev–Trinajstić information content (AvgIpc) is 2.29. The molecule has 1 aliphatic heterocycles. The summed E-state index contributed by atoms with van der Waals surface area (Å²) in [6, 6.07) is 5.34. The molecule has 0 amide bonds. The van der Waals surface area contributed by atoms with Gasteiger partial charge in [0.25, 0.3) is 0 Å². The third-order valence-electron chi connectivity index (χ3n) is 3.47. The molecule has 2 rings (SSSR count). The highest BCUT2D eigenvalue weighted by atomic mass is 19.1. The van der Waals surface area contributed by atoms with E-state index in [0.29, 0.717) is 0 Å². The molecular weight excluding hydrogens is 215 g/mol. The molecule has 2 nitrogen and oxygen atoms in total. The predicted molar refractivity (Wildman–Crippen MR) is 69.8 cm³/mol. The van der Waals surface area contributed by atoms with Crippen molar-refractivity contribution in [3.05, 3.63) is 29.6 Å². The normalized spacial score (nSPS) is 17.5. The van der Waals surface area contributed by atoms with E-state index in [2.05, 4.69) is 23.2 Å². The largest absolute Gasteiger partial charge is 0.371 e. The Morgan fingerprint density at radius 3 is 2.65 bits per heavy atom. The zero-order chi connectivity index (χ0) is 12.3. The van der Waals surface area contributed by atoms with Gasteiger partial charge in [-0.05, 0) is 49.6 Å². The molecule has 1 saturated heterocycles. The van der Waals surface area contributed by atoms with Crippen LogP contribution in [0.4, 0.5) is 10.1 Å². The third kappa shape index (κ3) is 3.19. The molecule has 0 unspecified atom stereocenters. The number of halogens is 1. The van der Waals surface area contributed by atoms with E-state index in [4.69, 9.17) is 0 Å². The zero-order valence-corrected chi connectivity index (χ0v) is 10.7. The van der Waals surface area contributed by atoms with Crippen LogP contribution in [-0.4, -0.2) is 20.1 Å². The van der Waals surface area contributed by atoms with Crippen molar-refractivity contribution in [2.75, 3.05) is 25.0 Å². The number of piperidine rings is 1. The quantitative estimate of drug-likeness (QED) is 0.868. The maximum atomic E-state index is 13.5. The topological polar surface area (TPSA) is 15.3 Å². The Bertz CT molecular complexity index is 370. The van der Waals surface area contributed by atoms with Gasteiger partial charge in [0.2, 0.25) is 0 Å². The van der Waals surface area contributed by atoms with Crippen molar-refractivity contribution in [2.24, 2.45) is 5.92 Å². The number of benzene rings is 1. The predicted octanol–water partition coefficient (Wildman–Crippen LogP) is 2.78. The number of nitrogens with one attached hydrogen (secondary N) is 1. The minimum absolute atomic E-state index is 0.133. The maximum absolute atomic E-state index is 13.5. The van der Waals surface area contributed by atoms with Gasteiger partial charge in [0.1, 0.15) is 5.82 Å². The van der Waals surface area contributed by atoms with Gasteiger partial charge in [-0.15, -0.1) is 0 Å². The molecule has 3 heteroatoms. The minimum Gasteiger partial charge on any atom is -0.371 e. The van der Waals surface area contributed by atoms with Gasteiger partial charge in [-0.25, -0.2) is 4.39 Å². The Hall–Kier alpha value is -1.09. The van der Waals surface area contributed by atoms with Gasteiger partial charge in [-0.3, -0.25) is 0 Å². The smallest absolute Gasteiger partial charge is 0.125 e. The number of nitrogens with zero attached hydrogens (tertiary/aromatic N) is 1. The molecule has 1 aliphatic rings. The van der Waals surface area contributed by atoms with Crippen LogP contribution in [0, 0.1) is 11.7 Å². The molecule has 0 spiro atoms. The lowest BCUT2D eigenvalue weighted by atomic mass is 9.98. The van der Waals surface area contributed by atoms with Crippen LogP contribution in [0.3, 0.4) is 0 Å². The van der Waals surface area contributed by atoms with Crippen molar-refractivity contribution in [3.8, 4) is 0 Å². The highest BCUT2D eigenvalue weighted by molar-refractivity contribution is 5.49. The molecule has 17 heavy (non-hydrogen) atoms. The Labute approximate surface area is 103 Å². The molecule has 0 aliphatic carbocycles. The van der Waals surface area contributed by atoms with Crippen molar-refractivity contribution in [1.29, 1.82) is 0 Å². The van der Waals surface area contributed by atoms with Crippen LogP contribution in [0.1, 0.15) is 25.3 Å². The molecule has 1 N–H and O–H groups in total. The summed E-state index contributed by atoms with van der Waals surface area (Å²) in [6.45, 7) is 5.09. The van der Waals surface area contributed by atoms with E-state index < -0.39 is 0 Å². The number of hydrogen-bond donors (Lipinski definition) is 1. The fourth-order valence-electron chi connectivity index (χ4n) is 2.39. The molecule has 0 radical (unpaired) electrons. The van der Waals surface area contributed by atoms with Crippen LogP contribution in [0.25, 0.3) is 0 Å². The molecule has 0 saturated carbocycles. The second kappa shape index (κ2) is 5.50. The van der Waals surface area contributed by atoms with Crippen LogP contribution in [0.5, 0.6) is 0 Å². The van der Waals surface area contributed by atoms with Crippen LogP contribution >= 0.6 is 0 Å². The summed E-state index contributed by atoms with van der Waals surface area (Å²) < 4.78 is 13.5. The van der Waals surface area contributed by atoms with Crippen molar-refractivity contribution in [1.82, 2.24) is 5.32 Å². The minimum atomic E-state index is -0.133. The van der Waals surface area contributed by atoms with E-state index in [1.165, 1.54) is 12.8 Å². The molecular formula is C14H21FN2. The SMILES string of the molecule is CNCc1cc(F)cc(N2CCC(C)CC2)c1. The lowest BCUT2D eigenvalue weighted by molar-refractivity contribution is 0.438. The zero-order valence-electron chi connectivity index (χ0n) is 10.7. The standard InChI is InChI=1S/C14H21FN2/c1-11-3-5-17(6-4-11)14-8-12(10-16-2)7-13(15)9-14/h7-9,11,16H,3-6,10H2,1-2H3. The molecule has 1 aromatic rings. The first-order valence-electron chi connectivity index (χ1n) is 6.38. The van der Waals surface area contributed by atoms with Gasteiger partial charge in [-0.2, -0.15) is 0 Å². The number of rotatable bonds is 3. The van der Waals surface area contributed by atoms with Gasteiger partial charge in [-0.1, -0.05) is 6.92 Å². The van der Waals surface area contributed by atoms with Crippen molar-refractivity contribution in [3.63, 3.8) is 0 Å². The van der Waals surface area contributed by atoms with E-state index in [9.17, 15) is 4.39 Å². The molecule has 1 aromatic carbocycles. The van der Waals surface area contributed by atoms with Crippen molar-refractivity contribution < 1.29 is 4.39 Å². The average molecular weight is 236 g/mol. The number of anilines is 1. The summed E-state index contributed by atoms with van der Waals surface area (Å²) in [5.74, 6) is 0.669. The third-order valence-corrected chi connectivity index (χ3v) is 3.47. The first-order valence-corrected chi connectivity index (χ1v) is 6.38. The summed E-state index contributed by atoms with van der Waals surface area (Å²) in [5, 5.41) is 3.06. The van der Waals surface area contributed by atoms with E-state index in [0.717, 1.165) is 36.8 Å². The monoisotopic (exact) mass is 236 g/mol. The summed E-state index contributed by atoms with van der Waals surface area (Å²) in [6.07, 6.45) is 2.41. The highest BCUT2D eigenvalue weighted by Crippen LogP contribution is 2.24. The Morgan fingerprint density at radius 1 is 1.29 bits per heavy atom. The Morgan fingerprint density at radius 2 is 2.00 bits per heavy atom. The molecule has 0 atom stereocenters. The van der Waals surface area contributed by atoms with Crippen LogP contribution < -0.4 is 10.2 Å². The maximum Gasteiger partial charge on any atom is 0.125 e. The second-order valence-electron chi connectivity index (χ2n) is 5.02. The fourth-order valence-corrected chi connectivity index (χ4v) is 2.39. The van der Waals surface area contributed by atoms with Gasteiger partial charge >= 0.3 is 0 Å². The van der Waals surface area contributed by atoms with Gasteiger partial charge in [0.15, 0.2) is 0 Å². The van der Waals surface area contributed by atoms with E-state index in [1.807, 2.05) is 7.05 Å². The van der Waals surface area contributed by atoms with Crippen LogP contribution in [-0.2, 0) is 6.54 Å². The second-order valence-corrected chi connectivity index (χ2v) is 5.02. The van der Waals surface area contributed by atoms with Gasteiger partial charge in [0.05, 0.1) is 0 Å². The Kier molecular flexibility index (Phi) is 4.00. The first kappa shape index (κ1) is 12.4. The first-order chi connectivity index (χ1) is 8.19. The highest BCUT2D eigenvalue weighted by Gasteiger charge is 2.16. The molecule has 1 fully saturated rings. The van der Waals surface area contributed by atoms with Crippen LogP contribution in [0.2, 0.25) is 0 Å². The number of hydrogen-bond acceptors (Lipinski definition) is 2. The van der Waals surface area contributed by atoms with Gasteiger partial charge < -0.3 is 10.2 Å². The van der Waals surface area contributed by atoms with E-state index in [-0.39, 0.29) is 5.82 Å². The lowest BCUT2D eigenvalue weighted by Gasteiger charge is -2.32. The fraction of sp³-hybridized carbons (Fsp3) is 0.571. The summed E-state index contributed by atoms with van der Waals surface area (Å²) >= 11 is 0. The van der Waals surface area contributed by atoms with Crippen LogP contribution in [0.15, 0.2) is 18.2 Å². The Balaban J connectivity index is 2.14. The molecule has 1 heterocycles. The van der Waals surface area contributed by atoms with Crippen molar-refractivity contribution in [2.45, 2.75) is 26.3 Å². The summed E-state index contributed by atoms with van der Waals surface area (Å²) in [5.41, 5.74) is 2.04.